The standard InChI is InChI=1S/C15H13Cl2NO4S/c16-12-4-2-10(8-13(12)17)18-23(19,20)11-3-5-14-15(9-11)22-7-1-6-21-14/h2-5,8-9,18H,1,6-7H2. The van der Waals surface area contributed by atoms with E-state index < -0.39 is 10.0 Å². The van der Waals surface area contributed by atoms with Gasteiger partial charge in [0.25, 0.3) is 10.0 Å². The molecule has 1 heterocycles. The summed E-state index contributed by atoms with van der Waals surface area (Å²) < 4.78 is 38.4. The Morgan fingerprint density at radius 2 is 1.65 bits per heavy atom. The third-order valence-electron chi connectivity index (χ3n) is 3.20. The van der Waals surface area contributed by atoms with E-state index in [4.69, 9.17) is 32.7 Å². The van der Waals surface area contributed by atoms with Gasteiger partial charge in [0.05, 0.1) is 33.8 Å². The highest BCUT2D eigenvalue weighted by molar-refractivity contribution is 7.92. The summed E-state index contributed by atoms with van der Waals surface area (Å²) in [5.74, 6) is 0.954. The van der Waals surface area contributed by atoms with E-state index in [1.54, 1.807) is 6.07 Å². The molecule has 0 amide bonds. The van der Waals surface area contributed by atoms with E-state index >= 15 is 0 Å². The predicted octanol–water partition coefficient (Wildman–Crippen LogP) is 3.96. The first kappa shape index (κ1) is 16.2. The van der Waals surface area contributed by atoms with Gasteiger partial charge >= 0.3 is 0 Å². The lowest BCUT2D eigenvalue weighted by atomic mass is 10.3. The number of hydrogen-bond donors (Lipinski definition) is 1. The highest BCUT2D eigenvalue weighted by Gasteiger charge is 2.19. The molecule has 0 radical (unpaired) electrons. The number of anilines is 1. The van der Waals surface area contributed by atoms with Crippen LogP contribution in [0, 0.1) is 0 Å². The predicted molar refractivity (Wildman–Crippen MR) is 89.3 cm³/mol. The quantitative estimate of drug-likeness (QED) is 0.884. The number of fused-ring (bicyclic) bond motifs is 1. The van der Waals surface area contributed by atoms with Crippen molar-refractivity contribution in [2.75, 3.05) is 17.9 Å². The van der Waals surface area contributed by atoms with Gasteiger partial charge < -0.3 is 9.47 Å². The minimum absolute atomic E-state index is 0.0767. The summed E-state index contributed by atoms with van der Waals surface area (Å²) in [7, 11) is -3.78. The van der Waals surface area contributed by atoms with Crippen molar-refractivity contribution >= 4 is 38.9 Å². The topological polar surface area (TPSA) is 64.6 Å². The number of hydrogen-bond acceptors (Lipinski definition) is 4. The molecule has 1 N–H and O–H groups in total. The van der Waals surface area contributed by atoms with E-state index in [1.165, 1.54) is 30.3 Å². The fourth-order valence-corrected chi connectivity index (χ4v) is 3.45. The van der Waals surface area contributed by atoms with E-state index in [9.17, 15) is 8.42 Å². The zero-order chi connectivity index (χ0) is 16.4. The first-order valence-corrected chi connectivity index (χ1v) is 9.07. The summed E-state index contributed by atoms with van der Waals surface area (Å²) >= 11 is 11.7. The van der Waals surface area contributed by atoms with Gasteiger partial charge in [-0.15, -0.1) is 0 Å². The molecule has 3 rings (SSSR count). The number of halogens is 2. The second kappa shape index (κ2) is 6.47. The van der Waals surface area contributed by atoms with E-state index in [0.29, 0.717) is 35.4 Å². The lowest BCUT2D eigenvalue weighted by molar-refractivity contribution is 0.297. The Morgan fingerprint density at radius 1 is 0.913 bits per heavy atom. The Labute approximate surface area is 144 Å². The van der Waals surface area contributed by atoms with Crippen LogP contribution in [0.3, 0.4) is 0 Å². The lowest BCUT2D eigenvalue weighted by Gasteiger charge is -2.12. The van der Waals surface area contributed by atoms with Crippen molar-refractivity contribution in [3.05, 3.63) is 46.4 Å². The Kier molecular flexibility index (Phi) is 4.57. The Bertz CT molecular complexity index is 839. The second-order valence-electron chi connectivity index (χ2n) is 4.89. The first-order chi connectivity index (χ1) is 11.0. The molecule has 122 valence electrons. The average Bonchev–Trinajstić information content (AvgIpc) is 2.75. The third kappa shape index (κ3) is 3.65. The minimum Gasteiger partial charge on any atom is -0.490 e. The molecular formula is C15H13Cl2NO4S. The highest BCUT2D eigenvalue weighted by atomic mass is 35.5. The maximum Gasteiger partial charge on any atom is 0.262 e. The van der Waals surface area contributed by atoms with E-state index in [2.05, 4.69) is 4.72 Å². The molecule has 0 atom stereocenters. The summed E-state index contributed by atoms with van der Waals surface area (Å²) in [4.78, 5) is 0.0767. The molecule has 0 bridgehead atoms. The Balaban J connectivity index is 1.90. The summed E-state index contributed by atoms with van der Waals surface area (Å²) in [5, 5.41) is 0.621. The number of sulfonamides is 1. The molecule has 1 aliphatic rings. The molecule has 23 heavy (non-hydrogen) atoms. The van der Waals surface area contributed by atoms with Crippen molar-refractivity contribution in [1.82, 2.24) is 0 Å². The van der Waals surface area contributed by atoms with E-state index in [0.717, 1.165) is 6.42 Å². The number of rotatable bonds is 3. The number of ether oxygens (including phenoxy) is 2. The molecular weight excluding hydrogens is 361 g/mol. The van der Waals surface area contributed by atoms with Crippen LogP contribution in [0.25, 0.3) is 0 Å². The van der Waals surface area contributed by atoms with Gasteiger partial charge in [0.1, 0.15) is 0 Å². The Morgan fingerprint density at radius 3 is 2.39 bits per heavy atom. The van der Waals surface area contributed by atoms with Crippen molar-refractivity contribution in [2.24, 2.45) is 0 Å². The van der Waals surface area contributed by atoms with Gasteiger partial charge in [-0.05, 0) is 30.3 Å². The summed E-state index contributed by atoms with van der Waals surface area (Å²) in [6.45, 7) is 1.03. The molecule has 0 spiro atoms. The van der Waals surface area contributed by atoms with Gasteiger partial charge in [-0.1, -0.05) is 23.2 Å². The average molecular weight is 374 g/mol. The van der Waals surface area contributed by atoms with Crippen LogP contribution in [0.2, 0.25) is 10.0 Å². The summed E-state index contributed by atoms with van der Waals surface area (Å²) in [6.07, 6.45) is 0.748. The van der Waals surface area contributed by atoms with Crippen molar-refractivity contribution in [1.29, 1.82) is 0 Å². The normalized spacial score (nSPS) is 14.2. The fraction of sp³-hybridized carbons (Fsp3) is 0.200. The largest absolute Gasteiger partial charge is 0.490 e. The number of benzene rings is 2. The van der Waals surface area contributed by atoms with Crippen LogP contribution in [-0.4, -0.2) is 21.6 Å². The van der Waals surface area contributed by atoms with Crippen LogP contribution in [0.5, 0.6) is 11.5 Å². The zero-order valence-electron chi connectivity index (χ0n) is 11.9. The second-order valence-corrected chi connectivity index (χ2v) is 7.39. The summed E-state index contributed by atoms with van der Waals surface area (Å²) in [6, 6.07) is 9.01. The fourth-order valence-electron chi connectivity index (χ4n) is 2.08. The molecule has 0 aliphatic carbocycles. The van der Waals surface area contributed by atoms with Crippen LogP contribution >= 0.6 is 23.2 Å². The van der Waals surface area contributed by atoms with Gasteiger partial charge in [0.15, 0.2) is 11.5 Å². The van der Waals surface area contributed by atoms with Crippen LogP contribution in [-0.2, 0) is 10.0 Å². The molecule has 1 aliphatic heterocycles. The van der Waals surface area contributed by atoms with Gasteiger partial charge in [-0.25, -0.2) is 8.42 Å². The van der Waals surface area contributed by atoms with E-state index in [-0.39, 0.29) is 9.92 Å². The maximum absolute atomic E-state index is 12.5. The first-order valence-electron chi connectivity index (χ1n) is 6.83. The molecule has 0 fully saturated rings. The Hall–Kier alpha value is -1.63. The van der Waals surface area contributed by atoms with Gasteiger partial charge in [-0.2, -0.15) is 0 Å². The summed E-state index contributed by atoms with van der Waals surface area (Å²) in [5.41, 5.74) is 0.325. The van der Waals surface area contributed by atoms with Crippen LogP contribution in [0.4, 0.5) is 5.69 Å². The molecule has 0 saturated heterocycles. The minimum atomic E-state index is -3.78. The van der Waals surface area contributed by atoms with Gasteiger partial charge in [0, 0.05) is 12.5 Å². The molecule has 0 aromatic heterocycles. The van der Waals surface area contributed by atoms with Crippen molar-refractivity contribution in [2.45, 2.75) is 11.3 Å². The van der Waals surface area contributed by atoms with Gasteiger partial charge in [0.2, 0.25) is 0 Å². The molecule has 8 heteroatoms. The lowest BCUT2D eigenvalue weighted by Crippen LogP contribution is -2.13. The van der Waals surface area contributed by atoms with Crippen molar-refractivity contribution in [3.8, 4) is 11.5 Å². The zero-order valence-corrected chi connectivity index (χ0v) is 14.2. The molecule has 2 aromatic rings. The van der Waals surface area contributed by atoms with Crippen LogP contribution in [0.15, 0.2) is 41.3 Å². The SMILES string of the molecule is O=S(=O)(Nc1ccc(Cl)c(Cl)c1)c1ccc2c(c1)OCCCO2. The van der Waals surface area contributed by atoms with Crippen LogP contribution in [0.1, 0.15) is 6.42 Å². The molecule has 2 aromatic carbocycles. The van der Waals surface area contributed by atoms with Crippen LogP contribution < -0.4 is 14.2 Å². The molecule has 0 unspecified atom stereocenters. The number of nitrogens with one attached hydrogen (secondary N) is 1. The highest BCUT2D eigenvalue weighted by Crippen LogP contribution is 2.33. The van der Waals surface area contributed by atoms with Gasteiger partial charge in [-0.3, -0.25) is 4.72 Å². The third-order valence-corrected chi connectivity index (χ3v) is 5.32. The van der Waals surface area contributed by atoms with Crippen molar-refractivity contribution < 1.29 is 17.9 Å². The van der Waals surface area contributed by atoms with E-state index in [1.807, 2.05) is 0 Å². The monoisotopic (exact) mass is 373 g/mol. The van der Waals surface area contributed by atoms with Crippen molar-refractivity contribution in [3.63, 3.8) is 0 Å². The molecule has 0 saturated carbocycles. The smallest absolute Gasteiger partial charge is 0.262 e. The maximum atomic E-state index is 12.5. The molecule has 5 nitrogen and oxygen atoms in total.